The maximum Gasteiger partial charge on any atom is 0.114 e. The van der Waals surface area contributed by atoms with Gasteiger partial charge in [-0.15, -0.1) is 11.8 Å². The Bertz CT molecular complexity index is 286. The molecule has 0 saturated carbocycles. The molecule has 3 nitrogen and oxygen atoms in total. The third-order valence-corrected chi connectivity index (χ3v) is 3.48. The third kappa shape index (κ3) is 5.05. The number of aliphatic hydroxyl groups excluding tert-OH is 1. The lowest BCUT2D eigenvalue weighted by atomic mass is 10.3. The van der Waals surface area contributed by atoms with Crippen LogP contribution in [0.1, 0.15) is 25.5 Å². The monoisotopic (exact) mass is 244 g/mol. The number of ether oxygens (including phenoxy) is 1. The molecule has 4 heteroatoms. The maximum absolute atomic E-state index is 9.66. The van der Waals surface area contributed by atoms with Crippen LogP contribution in [-0.2, 0) is 4.74 Å². The molecule has 0 bridgehead atoms. The average Bonchev–Trinajstić information content (AvgIpc) is 2.67. The fourth-order valence-corrected chi connectivity index (χ4v) is 2.09. The van der Waals surface area contributed by atoms with E-state index in [9.17, 15) is 5.11 Å². The second-order valence-corrected chi connectivity index (χ2v) is 4.80. The van der Waals surface area contributed by atoms with Gasteiger partial charge in [-0.05, 0) is 19.4 Å². The highest BCUT2D eigenvalue weighted by Gasteiger charge is 2.07. The second kappa shape index (κ2) is 7.76. The fourth-order valence-electron chi connectivity index (χ4n) is 1.22. The number of rotatable bonds is 8. The van der Waals surface area contributed by atoms with Crippen molar-refractivity contribution in [3.63, 3.8) is 0 Å². The lowest BCUT2D eigenvalue weighted by molar-refractivity contribution is 0.0473. The summed E-state index contributed by atoms with van der Waals surface area (Å²) < 4.78 is 10.5. The van der Waals surface area contributed by atoms with Crippen molar-refractivity contribution >= 4 is 11.8 Å². The summed E-state index contributed by atoms with van der Waals surface area (Å²) >= 11 is 1.60. The van der Waals surface area contributed by atoms with Crippen molar-refractivity contribution in [3.05, 3.63) is 18.1 Å². The summed E-state index contributed by atoms with van der Waals surface area (Å²) in [6, 6.07) is 1.92. The summed E-state index contributed by atoms with van der Waals surface area (Å²) in [6.45, 7) is 5.21. The molecule has 16 heavy (non-hydrogen) atoms. The van der Waals surface area contributed by atoms with Crippen molar-refractivity contribution in [2.75, 3.05) is 19.0 Å². The number of hydrogen-bond acceptors (Lipinski definition) is 4. The van der Waals surface area contributed by atoms with Gasteiger partial charge in [0.15, 0.2) is 0 Å². The lowest BCUT2D eigenvalue weighted by Gasteiger charge is -2.10. The van der Waals surface area contributed by atoms with Gasteiger partial charge in [-0.1, -0.05) is 13.3 Å². The van der Waals surface area contributed by atoms with E-state index in [-0.39, 0.29) is 0 Å². The minimum atomic E-state index is -0.406. The van der Waals surface area contributed by atoms with Crippen LogP contribution in [0.2, 0.25) is 0 Å². The lowest BCUT2D eigenvalue weighted by Crippen LogP contribution is -2.18. The number of aliphatic hydroxyl groups is 1. The first-order valence-electron chi connectivity index (χ1n) is 5.66. The average molecular weight is 244 g/mol. The number of unbranched alkanes of at least 4 members (excludes halogenated alkanes) is 1. The van der Waals surface area contributed by atoms with Gasteiger partial charge < -0.3 is 14.3 Å². The van der Waals surface area contributed by atoms with Crippen molar-refractivity contribution in [1.29, 1.82) is 0 Å². The molecule has 0 fully saturated rings. The molecule has 0 aromatic carbocycles. The standard InChI is InChI=1S/C12H20O3S/c1-3-4-6-14-8-11(13)9-16-12-5-7-15-10(12)2/h5,7,11,13H,3-4,6,8-9H2,1-2H3. The third-order valence-electron chi connectivity index (χ3n) is 2.19. The number of furan rings is 1. The summed E-state index contributed by atoms with van der Waals surface area (Å²) in [4.78, 5) is 1.09. The van der Waals surface area contributed by atoms with Crippen molar-refractivity contribution < 1.29 is 14.3 Å². The molecular weight excluding hydrogens is 224 g/mol. The van der Waals surface area contributed by atoms with Crippen LogP contribution >= 0.6 is 11.8 Å². The van der Waals surface area contributed by atoms with E-state index in [1.165, 1.54) is 0 Å². The van der Waals surface area contributed by atoms with E-state index in [1.54, 1.807) is 18.0 Å². The molecule has 0 saturated heterocycles. The van der Waals surface area contributed by atoms with Crippen LogP contribution in [0.4, 0.5) is 0 Å². The number of thioether (sulfide) groups is 1. The Morgan fingerprint density at radius 1 is 1.56 bits per heavy atom. The zero-order valence-corrected chi connectivity index (χ0v) is 10.8. The first-order chi connectivity index (χ1) is 7.74. The van der Waals surface area contributed by atoms with Gasteiger partial charge in [0.1, 0.15) is 5.76 Å². The Kier molecular flexibility index (Phi) is 6.61. The molecule has 92 valence electrons. The molecule has 0 aliphatic carbocycles. The highest BCUT2D eigenvalue weighted by Crippen LogP contribution is 2.23. The molecule has 0 radical (unpaired) electrons. The Morgan fingerprint density at radius 3 is 3.00 bits per heavy atom. The highest BCUT2D eigenvalue weighted by molar-refractivity contribution is 7.99. The van der Waals surface area contributed by atoms with Gasteiger partial charge in [-0.2, -0.15) is 0 Å². The van der Waals surface area contributed by atoms with Crippen LogP contribution in [0.5, 0.6) is 0 Å². The van der Waals surface area contributed by atoms with E-state index < -0.39 is 6.10 Å². The van der Waals surface area contributed by atoms with Gasteiger partial charge >= 0.3 is 0 Å². The molecule has 1 heterocycles. The van der Waals surface area contributed by atoms with Crippen LogP contribution < -0.4 is 0 Å². The van der Waals surface area contributed by atoms with Crippen LogP contribution in [0.15, 0.2) is 21.6 Å². The predicted molar refractivity (Wildman–Crippen MR) is 65.9 cm³/mol. The molecule has 0 amide bonds. The summed E-state index contributed by atoms with van der Waals surface area (Å²) in [7, 11) is 0. The van der Waals surface area contributed by atoms with Crippen molar-refractivity contribution in [2.24, 2.45) is 0 Å². The van der Waals surface area contributed by atoms with E-state index in [0.29, 0.717) is 12.4 Å². The van der Waals surface area contributed by atoms with E-state index in [2.05, 4.69) is 6.92 Å². The summed E-state index contributed by atoms with van der Waals surface area (Å²) in [5.41, 5.74) is 0. The Labute approximate surface area is 101 Å². The minimum absolute atomic E-state index is 0.406. The van der Waals surface area contributed by atoms with Gasteiger partial charge in [0.05, 0.1) is 19.0 Å². The maximum atomic E-state index is 9.66. The van der Waals surface area contributed by atoms with Crippen LogP contribution in [0, 0.1) is 6.92 Å². The highest BCUT2D eigenvalue weighted by atomic mass is 32.2. The van der Waals surface area contributed by atoms with Gasteiger partial charge in [0.25, 0.3) is 0 Å². The summed E-state index contributed by atoms with van der Waals surface area (Å²) in [6.07, 6.45) is 3.44. The molecular formula is C12H20O3S. The number of aryl methyl sites for hydroxylation is 1. The van der Waals surface area contributed by atoms with E-state index in [1.807, 2.05) is 13.0 Å². The molecule has 1 unspecified atom stereocenters. The smallest absolute Gasteiger partial charge is 0.114 e. The molecule has 0 aliphatic rings. The molecule has 1 aromatic rings. The fraction of sp³-hybridized carbons (Fsp3) is 0.667. The largest absolute Gasteiger partial charge is 0.468 e. The Morgan fingerprint density at radius 2 is 2.38 bits per heavy atom. The quantitative estimate of drug-likeness (QED) is 0.564. The van der Waals surface area contributed by atoms with Crippen LogP contribution in [0.25, 0.3) is 0 Å². The normalized spacial score (nSPS) is 12.9. The van der Waals surface area contributed by atoms with E-state index >= 15 is 0 Å². The molecule has 1 N–H and O–H groups in total. The first-order valence-corrected chi connectivity index (χ1v) is 6.65. The summed E-state index contributed by atoms with van der Waals surface area (Å²) in [5, 5.41) is 9.66. The second-order valence-electron chi connectivity index (χ2n) is 3.73. The summed E-state index contributed by atoms with van der Waals surface area (Å²) in [5.74, 6) is 1.55. The van der Waals surface area contributed by atoms with E-state index in [0.717, 1.165) is 30.1 Å². The van der Waals surface area contributed by atoms with Crippen molar-refractivity contribution in [1.82, 2.24) is 0 Å². The van der Waals surface area contributed by atoms with Gasteiger partial charge in [-0.3, -0.25) is 0 Å². The molecule has 1 atom stereocenters. The zero-order valence-electron chi connectivity index (χ0n) is 9.94. The van der Waals surface area contributed by atoms with Gasteiger partial charge in [-0.25, -0.2) is 0 Å². The van der Waals surface area contributed by atoms with Gasteiger partial charge in [0.2, 0.25) is 0 Å². The Hall–Kier alpha value is -0.450. The zero-order chi connectivity index (χ0) is 11.8. The van der Waals surface area contributed by atoms with Crippen molar-refractivity contribution in [3.8, 4) is 0 Å². The van der Waals surface area contributed by atoms with Gasteiger partial charge in [0, 0.05) is 17.3 Å². The van der Waals surface area contributed by atoms with Crippen LogP contribution in [0.3, 0.4) is 0 Å². The Balaban J connectivity index is 2.10. The SMILES string of the molecule is CCCCOCC(O)CSc1ccoc1C. The van der Waals surface area contributed by atoms with Crippen LogP contribution in [-0.4, -0.2) is 30.2 Å². The first kappa shape index (κ1) is 13.6. The van der Waals surface area contributed by atoms with Crippen molar-refractivity contribution in [2.45, 2.75) is 37.7 Å². The molecule has 1 rings (SSSR count). The topological polar surface area (TPSA) is 42.6 Å². The molecule has 1 aromatic heterocycles. The number of hydrogen-bond donors (Lipinski definition) is 1. The molecule has 0 aliphatic heterocycles. The molecule has 0 spiro atoms. The van der Waals surface area contributed by atoms with E-state index in [4.69, 9.17) is 9.15 Å². The minimum Gasteiger partial charge on any atom is -0.468 e. The predicted octanol–water partition coefficient (Wildman–Crippen LogP) is 2.86.